The molecule has 0 saturated heterocycles. The zero-order valence-electron chi connectivity index (χ0n) is 11.5. The van der Waals surface area contributed by atoms with E-state index in [4.69, 9.17) is 11.6 Å². The normalized spacial score (nSPS) is 43.8. The molecule has 1 nitrogen and oxygen atoms in total. The van der Waals surface area contributed by atoms with Gasteiger partial charge in [-0.1, -0.05) is 0 Å². The molecule has 0 aromatic rings. The van der Waals surface area contributed by atoms with Crippen LogP contribution in [0.15, 0.2) is 0 Å². The van der Waals surface area contributed by atoms with E-state index in [0.29, 0.717) is 5.92 Å². The fourth-order valence-electron chi connectivity index (χ4n) is 5.42. The van der Waals surface area contributed by atoms with Gasteiger partial charge in [-0.25, -0.2) is 0 Å². The highest BCUT2D eigenvalue weighted by molar-refractivity contribution is 6.23. The number of hydrogen-bond acceptors (Lipinski definition) is 1. The van der Waals surface area contributed by atoms with Crippen LogP contribution in [0.25, 0.3) is 0 Å². The van der Waals surface area contributed by atoms with Gasteiger partial charge in [0.05, 0.1) is 12.0 Å². The molecule has 4 aliphatic carbocycles. The summed E-state index contributed by atoms with van der Waals surface area (Å²) in [6.07, 6.45) is 7.95. The van der Waals surface area contributed by atoms with Crippen LogP contribution in [0.2, 0.25) is 0 Å². The third-order valence-corrected chi connectivity index (χ3v) is 5.79. The maximum Gasteiger partial charge on any atom is 0.0659 e. The summed E-state index contributed by atoms with van der Waals surface area (Å²) in [4.78, 5) is -0.227. The molecule has 1 atom stereocenters. The van der Waals surface area contributed by atoms with Crippen molar-refractivity contribution in [2.24, 2.45) is 35.5 Å². The van der Waals surface area contributed by atoms with Crippen LogP contribution in [0.3, 0.4) is 0 Å². The second-order valence-corrected chi connectivity index (χ2v) is 8.69. The number of alkyl halides is 1. The van der Waals surface area contributed by atoms with Crippen molar-refractivity contribution in [2.45, 2.75) is 57.2 Å². The fourth-order valence-corrected chi connectivity index (χ4v) is 5.58. The Morgan fingerprint density at radius 3 is 2.00 bits per heavy atom. The molecule has 0 aliphatic heterocycles. The lowest BCUT2D eigenvalue weighted by Crippen LogP contribution is -2.48. The van der Waals surface area contributed by atoms with Crippen molar-refractivity contribution in [1.82, 2.24) is 0 Å². The first-order valence-electron chi connectivity index (χ1n) is 7.55. The minimum absolute atomic E-state index is 0.187. The summed E-state index contributed by atoms with van der Waals surface area (Å²) in [7, 11) is 0. The largest absolute Gasteiger partial charge is 0.198 e. The van der Waals surface area contributed by atoms with E-state index in [0.717, 1.165) is 30.1 Å². The summed E-state index contributed by atoms with van der Waals surface area (Å²) >= 11 is 6.37. The molecule has 0 radical (unpaired) electrons. The molecule has 4 rings (SSSR count). The van der Waals surface area contributed by atoms with Gasteiger partial charge in [-0.2, -0.15) is 5.26 Å². The van der Waals surface area contributed by atoms with Gasteiger partial charge < -0.3 is 0 Å². The Bertz CT molecular complexity index is 334. The van der Waals surface area contributed by atoms with E-state index in [-0.39, 0.29) is 10.8 Å². The van der Waals surface area contributed by atoms with Crippen LogP contribution in [0.4, 0.5) is 0 Å². The van der Waals surface area contributed by atoms with E-state index in [9.17, 15) is 5.26 Å². The molecule has 1 unspecified atom stereocenters. The highest BCUT2D eigenvalue weighted by atomic mass is 35.5. The summed E-state index contributed by atoms with van der Waals surface area (Å²) in [6.45, 7) is 4.10. The minimum Gasteiger partial charge on any atom is -0.198 e. The smallest absolute Gasteiger partial charge is 0.0659 e. The van der Waals surface area contributed by atoms with Gasteiger partial charge in [0.15, 0.2) is 0 Å². The van der Waals surface area contributed by atoms with E-state index in [1.54, 1.807) is 0 Å². The lowest BCUT2D eigenvalue weighted by atomic mass is 9.49. The summed E-state index contributed by atoms with van der Waals surface area (Å²) in [5.41, 5.74) is 0. The van der Waals surface area contributed by atoms with Crippen LogP contribution < -0.4 is 0 Å². The van der Waals surface area contributed by atoms with Crippen LogP contribution in [-0.4, -0.2) is 4.87 Å². The van der Waals surface area contributed by atoms with Crippen molar-refractivity contribution in [3.63, 3.8) is 0 Å². The van der Waals surface area contributed by atoms with Gasteiger partial charge in [0.1, 0.15) is 0 Å². The van der Waals surface area contributed by atoms with Crippen molar-refractivity contribution in [1.29, 1.82) is 5.26 Å². The van der Waals surface area contributed by atoms with E-state index in [1.165, 1.54) is 32.1 Å². The average molecular weight is 266 g/mol. The highest BCUT2D eigenvalue weighted by Gasteiger charge is 2.51. The SMILES string of the molecule is CC(C)(Cl)CC(C#N)C1C2CC3CC(C2)CC1C3. The lowest BCUT2D eigenvalue weighted by Gasteiger charge is -2.56. The first kappa shape index (κ1) is 12.8. The second-order valence-electron chi connectivity index (χ2n) is 7.67. The third-order valence-electron chi connectivity index (χ3n) is 5.64. The lowest BCUT2D eigenvalue weighted by molar-refractivity contribution is -0.0543. The summed E-state index contributed by atoms with van der Waals surface area (Å²) < 4.78 is 0. The molecule has 4 bridgehead atoms. The summed E-state index contributed by atoms with van der Waals surface area (Å²) in [6, 6.07) is 2.60. The Kier molecular flexibility index (Phi) is 3.14. The Hall–Kier alpha value is -0.220. The predicted molar refractivity (Wildman–Crippen MR) is 74.2 cm³/mol. The van der Waals surface area contributed by atoms with Crippen molar-refractivity contribution >= 4 is 11.6 Å². The van der Waals surface area contributed by atoms with Crippen LogP contribution in [0, 0.1) is 46.8 Å². The van der Waals surface area contributed by atoms with Crippen molar-refractivity contribution in [3.8, 4) is 6.07 Å². The Morgan fingerprint density at radius 1 is 1.11 bits per heavy atom. The molecule has 2 heteroatoms. The Balaban J connectivity index is 1.77. The van der Waals surface area contributed by atoms with E-state index in [2.05, 4.69) is 19.9 Å². The molecule has 4 saturated carbocycles. The molecule has 4 aliphatic rings. The van der Waals surface area contributed by atoms with Crippen molar-refractivity contribution < 1.29 is 0 Å². The average Bonchev–Trinajstić information content (AvgIpc) is 2.24. The third kappa shape index (κ3) is 2.29. The molecule has 0 spiro atoms. The molecule has 0 N–H and O–H groups in total. The van der Waals surface area contributed by atoms with E-state index in [1.807, 2.05) is 0 Å². The predicted octanol–water partition coefficient (Wildman–Crippen LogP) is 4.61. The molecule has 0 amide bonds. The van der Waals surface area contributed by atoms with E-state index >= 15 is 0 Å². The quantitative estimate of drug-likeness (QED) is 0.684. The van der Waals surface area contributed by atoms with Gasteiger partial charge in [-0.3, -0.25) is 0 Å². The van der Waals surface area contributed by atoms with Crippen LogP contribution in [0.5, 0.6) is 0 Å². The molecule has 4 fully saturated rings. The van der Waals surface area contributed by atoms with Crippen LogP contribution in [-0.2, 0) is 0 Å². The van der Waals surface area contributed by atoms with Gasteiger partial charge in [0.25, 0.3) is 0 Å². The molecular formula is C16H24ClN. The molecule has 18 heavy (non-hydrogen) atoms. The maximum atomic E-state index is 9.57. The van der Waals surface area contributed by atoms with Gasteiger partial charge in [-0.15, -0.1) is 11.6 Å². The Morgan fingerprint density at radius 2 is 1.61 bits per heavy atom. The molecule has 0 aromatic carbocycles. The number of nitriles is 1. The second kappa shape index (κ2) is 4.41. The first-order valence-corrected chi connectivity index (χ1v) is 7.92. The van der Waals surface area contributed by atoms with E-state index < -0.39 is 0 Å². The van der Waals surface area contributed by atoms with Gasteiger partial charge in [0, 0.05) is 4.87 Å². The monoisotopic (exact) mass is 265 g/mol. The van der Waals surface area contributed by atoms with Crippen molar-refractivity contribution in [2.75, 3.05) is 0 Å². The molecule has 100 valence electrons. The van der Waals surface area contributed by atoms with Crippen molar-refractivity contribution in [3.05, 3.63) is 0 Å². The zero-order chi connectivity index (χ0) is 12.9. The number of nitrogens with zero attached hydrogens (tertiary/aromatic N) is 1. The fraction of sp³-hybridized carbons (Fsp3) is 0.938. The topological polar surface area (TPSA) is 23.8 Å². The number of hydrogen-bond donors (Lipinski definition) is 0. The first-order chi connectivity index (χ1) is 8.46. The van der Waals surface area contributed by atoms with Crippen LogP contribution in [0.1, 0.15) is 52.4 Å². The summed E-state index contributed by atoms with van der Waals surface area (Å²) in [5.74, 6) is 4.50. The standard InChI is InChI=1S/C16H24ClN/c1-16(2,17)8-14(9-18)15-12-4-10-3-11(6-12)7-13(15)5-10/h10-15H,3-8H2,1-2H3. The zero-order valence-corrected chi connectivity index (χ0v) is 12.3. The molecular weight excluding hydrogens is 242 g/mol. The molecule has 0 heterocycles. The Labute approximate surface area is 116 Å². The van der Waals surface area contributed by atoms with Gasteiger partial charge >= 0.3 is 0 Å². The number of rotatable bonds is 3. The minimum atomic E-state index is -0.227. The van der Waals surface area contributed by atoms with Gasteiger partial charge in [-0.05, 0) is 82.0 Å². The maximum absolute atomic E-state index is 9.57. The molecule has 0 aromatic heterocycles. The number of halogens is 1. The van der Waals surface area contributed by atoms with Gasteiger partial charge in [0.2, 0.25) is 0 Å². The highest BCUT2D eigenvalue weighted by Crippen LogP contribution is 2.59. The van der Waals surface area contributed by atoms with Crippen LogP contribution >= 0.6 is 11.6 Å². The summed E-state index contributed by atoms with van der Waals surface area (Å²) in [5, 5.41) is 9.57.